The van der Waals surface area contributed by atoms with E-state index in [4.69, 9.17) is 23.4 Å². The molecule has 4 unspecified atom stereocenters. The number of methoxy groups -OCH3 is 1. The molecule has 5 bridgehead atoms. The molecule has 0 amide bonds. The zero-order valence-corrected chi connectivity index (χ0v) is 34.9. The summed E-state index contributed by atoms with van der Waals surface area (Å²) < 4.78 is 31.2. The Kier molecular flexibility index (Phi) is 12.1. The monoisotopic (exact) mass is 804 g/mol. The molecular formula is C52H52O8. The molecule has 308 valence electrons. The number of hydrogen-bond donors (Lipinski definition) is 0. The number of esters is 2. The van der Waals surface area contributed by atoms with Crippen molar-refractivity contribution >= 4 is 22.9 Å². The van der Waals surface area contributed by atoms with Gasteiger partial charge >= 0.3 is 17.6 Å². The molecule has 3 aliphatic rings. The molecule has 8 rings (SSSR count). The van der Waals surface area contributed by atoms with Crippen LogP contribution in [0.15, 0.2) is 111 Å². The molecule has 8 nitrogen and oxygen atoms in total. The second-order valence-corrected chi connectivity index (χ2v) is 16.9. The van der Waals surface area contributed by atoms with Gasteiger partial charge < -0.3 is 23.4 Å². The number of carbonyl (C=O) groups excluding carboxylic acids is 2. The van der Waals surface area contributed by atoms with Crippen molar-refractivity contribution in [2.75, 3.05) is 13.7 Å². The summed E-state index contributed by atoms with van der Waals surface area (Å²) in [5.74, 6) is 6.13. The average Bonchev–Trinajstić information content (AvgIpc) is 3.22. The van der Waals surface area contributed by atoms with Crippen molar-refractivity contribution < 1.29 is 33.0 Å². The maximum absolute atomic E-state index is 14.6. The van der Waals surface area contributed by atoms with Crippen molar-refractivity contribution in [1.82, 2.24) is 0 Å². The van der Waals surface area contributed by atoms with E-state index >= 15 is 0 Å². The van der Waals surface area contributed by atoms with Gasteiger partial charge in [-0.05, 0) is 117 Å². The highest BCUT2D eigenvalue weighted by Crippen LogP contribution is 2.48. The lowest BCUT2D eigenvalue weighted by molar-refractivity contribution is -0.190. The minimum Gasteiger partial charge on any atom is -0.482 e. The van der Waals surface area contributed by atoms with Crippen molar-refractivity contribution in [3.05, 3.63) is 157 Å². The summed E-state index contributed by atoms with van der Waals surface area (Å²) in [6.45, 7) is 6.01. The largest absolute Gasteiger partial charge is 0.482 e. The molecule has 0 fully saturated rings. The van der Waals surface area contributed by atoms with Crippen LogP contribution in [0.5, 0.6) is 5.75 Å². The molecule has 0 saturated carbocycles. The quantitative estimate of drug-likeness (QED) is 0.0663. The van der Waals surface area contributed by atoms with Crippen molar-refractivity contribution in [3.8, 4) is 17.6 Å². The Morgan fingerprint density at radius 2 is 1.63 bits per heavy atom. The Labute approximate surface area is 351 Å². The average molecular weight is 805 g/mol. The topological polar surface area (TPSA) is 101 Å². The van der Waals surface area contributed by atoms with Crippen LogP contribution in [0.2, 0.25) is 0 Å². The van der Waals surface area contributed by atoms with Crippen LogP contribution < -0.4 is 10.4 Å². The van der Waals surface area contributed by atoms with E-state index in [2.05, 4.69) is 78.6 Å². The van der Waals surface area contributed by atoms with Gasteiger partial charge in [0.05, 0.1) is 18.6 Å². The Morgan fingerprint density at radius 3 is 2.45 bits per heavy atom. The molecule has 8 heteroatoms. The SMILES string of the molecule is COCCc1cc2ccc3c(c2oc1=O)C1OC(=O)CC(CCc2cccc(Cc4ccccc4)c2)Cc2ccc4cc2CC#CCC(C)(O3)C1OC(=O)C(=C(C)C)CC4. The van der Waals surface area contributed by atoms with E-state index in [1.807, 2.05) is 32.9 Å². The molecule has 0 spiro atoms. The van der Waals surface area contributed by atoms with Gasteiger partial charge in [0.2, 0.25) is 0 Å². The third kappa shape index (κ3) is 8.97. The molecule has 5 aromatic rings. The summed E-state index contributed by atoms with van der Waals surface area (Å²) in [6, 6.07) is 31.1. The molecule has 1 aromatic heterocycles. The first-order chi connectivity index (χ1) is 29.1. The van der Waals surface area contributed by atoms with Crippen molar-refractivity contribution in [2.45, 2.75) is 103 Å². The molecule has 0 radical (unpaired) electrons. The lowest BCUT2D eigenvalue weighted by Gasteiger charge is -2.44. The van der Waals surface area contributed by atoms with E-state index < -0.39 is 35.4 Å². The van der Waals surface area contributed by atoms with Crippen molar-refractivity contribution in [2.24, 2.45) is 5.92 Å². The summed E-state index contributed by atoms with van der Waals surface area (Å²) in [5, 5.41) is 0.627. The minimum atomic E-state index is -1.23. The van der Waals surface area contributed by atoms with Gasteiger partial charge in [-0.3, -0.25) is 4.79 Å². The predicted octanol–water partition coefficient (Wildman–Crippen LogP) is 9.33. The van der Waals surface area contributed by atoms with E-state index in [1.54, 1.807) is 19.2 Å². The minimum absolute atomic E-state index is 0.0820. The van der Waals surface area contributed by atoms with E-state index in [9.17, 15) is 14.4 Å². The molecule has 0 aliphatic carbocycles. The first kappa shape index (κ1) is 40.9. The van der Waals surface area contributed by atoms with Crippen molar-refractivity contribution in [3.63, 3.8) is 0 Å². The summed E-state index contributed by atoms with van der Waals surface area (Å²) in [6.07, 6.45) is 3.04. The van der Waals surface area contributed by atoms with Gasteiger partial charge in [0.1, 0.15) is 11.3 Å². The molecule has 4 atom stereocenters. The maximum atomic E-state index is 14.6. The van der Waals surface area contributed by atoms with Gasteiger partial charge in [0.25, 0.3) is 0 Å². The zero-order chi connectivity index (χ0) is 41.8. The number of ether oxygens (including phenoxy) is 4. The highest BCUT2D eigenvalue weighted by molar-refractivity contribution is 5.90. The number of carbonyl (C=O) groups is 2. The molecular weight excluding hydrogens is 753 g/mol. The Bertz CT molecular complexity index is 2570. The van der Waals surface area contributed by atoms with Gasteiger partial charge in [-0.1, -0.05) is 90.2 Å². The molecule has 3 aliphatic heterocycles. The second kappa shape index (κ2) is 17.7. The fourth-order valence-electron chi connectivity index (χ4n) is 8.92. The van der Waals surface area contributed by atoms with Crippen LogP contribution in [0.3, 0.4) is 0 Å². The Hall–Kier alpha value is -5.91. The van der Waals surface area contributed by atoms with Crippen LogP contribution in [0.25, 0.3) is 11.0 Å². The van der Waals surface area contributed by atoms with E-state index in [0.29, 0.717) is 66.5 Å². The number of fused-ring (bicyclic) bond motifs is 7. The third-order valence-electron chi connectivity index (χ3n) is 12.2. The summed E-state index contributed by atoms with van der Waals surface area (Å²) >= 11 is 0. The van der Waals surface area contributed by atoms with Crippen LogP contribution in [-0.2, 0) is 62.3 Å². The highest BCUT2D eigenvalue weighted by atomic mass is 16.6. The summed E-state index contributed by atoms with van der Waals surface area (Å²) in [5.41, 5.74) is 7.77. The number of hydrogen-bond acceptors (Lipinski definition) is 8. The molecule has 0 saturated heterocycles. The number of allylic oxidation sites excluding steroid dienone is 1. The molecule has 0 N–H and O–H groups in total. The highest BCUT2D eigenvalue weighted by Gasteiger charge is 2.53. The lowest BCUT2D eigenvalue weighted by Crippen LogP contribution is -2.54. The molecule has 60 heavy (non-hydrogen) atoms. The zero-order valence-electron chi connectivity index (χ0n) is 34.9. The van der Waals surface area contributed by atoms with Crippen LogP contribution in [0.4, 0.5) is 0 Å². The molecule has 4 heterocycles. The van der Waals surface area contributed by atoms with Gasteiger partial charge in [0, 0.05) is 42.9 Å². The van der Waals surface area contributed by atoms with Crippen LogP contribution in [-0.4, -0.2) is 37.4 Å². The normalized spacial score (nSPS) is 21.4. The maximum Gasteiger partial charge on any atom is 0.339 e. The number of benzene rings is 4. The van der Waals surface area contributed by atoms with Gasteiger partial charge in [-0.15, -0.1) is 0 Å². The van der Waals surface area contributed by atoms with E-state index in [1.165, 1.54) is 16.7 Å². The van der Waals surface area contributed by atoms with E-state index in [0.717, 1.165) is 41.5 Å². The van der Waals surface area contributed by atoms with Crippen molar-refractivity contribution in [1.29, 1.82) is 0 Å². The first-order valence-corrected chi connectivity index (χ1v) is 21.1. The predicted molar refractivity (Wildman–Crippen MR) is 231 cm³/mol. The van der Waals surface area contributed by atoms with Gasteiger partial charge in [-0.25, -0.2) is 9.59 Å². The second-order valence-electron chi connectivity index (χ2n) is 16.9. The smallest absolute Gasteiger partial charge is 0.339 e. The van der Waals surface area contributed by atoms with Gasteiger partial charge in [0.15, 0.2) is 17.8 Å². The summed E-state index contributed by atoms with van der Waals surface area (Å²) in [4.78, 5) is 42.5. The van der Waals surface area contributed by atoms with Crippen LogP contribution in [0.1, 0.15) is 97.1 Å². The fourth-order valence-corrected chi connectivity index (χ4v) is 8.92. The summed E-state index contributed by atoms with van der Waals surface area (Å²) in [7, 11) is 1.58. The molecule has 4 aromatic carbocycles. The van der Waals surface area contributed by atoms with E-state index in [-0.39, 0.29) is 24.3 Å². The fraction of sp³-hybridized carbons (Fsp3) is 0.365. The van der Waals surface area contributed by atoms with Crippen LogP contribution in [0, 0.1) is 17.8 Å². The van der Waals surface area contributed by atoms with Gasteiger partial charge in [-0.2, -0.15) is 0 Å². The number of rotatable bonds is 8. The standard InChI is InChI=1S/C52H52O8/c1-33(2)43-22-19-36-18-20-40-30-38(17-16-35-13-10-14-37(28-35)27-34-11-6-5-7-12-34)31-45(53)57-48-46-44(23-21-41-32-42(24-26-56-4)50(54)58-47(41)46)60-52(3,49(48)59-51(43)55)25-9-8-15-39(40)29-36/h5-7,10-14,18,20-21,23,28-29,32,38,48-49H,15-17,19,22,24-27,30-31H2,1-4H3. The number of aryl methyl sites for hydroxylation is 2. The third-order valence-corrected chi connectivity index (χ3v) is 12.2. The Balaban J connectivity index is 1.22. The lowest BCUT2D eigenvalue weighted by atomic mass is 9.83. The first-order valence-electron chi connectivity index (χ1n) is 21.1. The Morgan fingerprint density at radius 1 is 0.817 bits per heavy atom. The van der Waals surface area contributed by atoms with Crippen LogP contribution >= 0.6 is 0 Å².